The van der Waals surface area contributed by atoms with Crippen LogP contribution in [0.4, 0.5) is 11.4 Å². The van der Waals surface area contributed by atoms with Crippen molar-refractivity contribution in [1.29, 1.82) is 0 Å². The maximum atomic E-state index is 12.7. The standard InChI is InChI=1S/C28H33N5O3/c1-32-13-15-33(16-14-32)23-9-7-22(8-10-23)28(34)31-27(30)25-12-11-24(19-26(25)29)36-18-17-35-20-21-5-3-2-4-6-21/h2-12,19H,13-18,20,29H2,1H3,(H2,30,31,34). The molecule has 1 saturated heterocycles. The molecular formula is C28H33N5O3. The fourth-order valence-electron chi connectivity index (χ4n) is 3.96. The average Bonchev–Trinajstić information content (AvgIpc) is 2.89. The Morgan fingerprint density at radius 3 is 2.36 bits per heavy atom. The van der Waals surface area contributed by atoms with Gasteiger partial charge in [-0.2, -0.15) is 4.99 Å². The summed E-state index contributed by atoms with van der Waals surface area (Å²) < 4.78 is 11.3. The Kier molecular flexibility index (Phi) is 8.54. The van der Waals surface area contributed by atoms with E-state index in [-0.39, 0.29) is 5.84 Å². The fourth-order valence-corrected chi connectivity index (χ4v) is 3.96. The zero-order chi connectivity index (χ0) is 25.3. The molecule has 0 atom stereocenters. The number of carbonyl (C=O) groups excluding carboxylic acids is 1. The summed E-state index contributed by atoms with van der Waals surface area (Å²) in [7, 11) is 2.12. The molecule has 0 spiro atoms. The molecular weight excluding hydrogens is 454 g/mol. The van der Waals surface area contributed by atoms with Crippen LogP contribution in [0.2, 0.25) is 0 Å². The number of nitrogens with two attached hydrogens (primary N) is 2. The highest BCUT2D eigenvalue weighted by atomic mass is 16.5. The lowest BCUT2D eigenvalue weighted by atomic mass is 10.1. The number of carbonyl (C=O) groups is 1. The predicted molar refractivity (Wildman–Crippen MR) is 144 cm³/mol. The summed E-state index contributed by atoms with van der Waals surface area (Å²) >= 11 is 0. The fraction of sp³-hybridized carbons (Fsp3) is 0.286. The largest absolute Gasteiger partial charge is 0.491 e. The summed E-state index contributed by atoms with van der Waals surface area (Å²) in [5, 5.41) is 0. The summed E-state index contributed by atoms with van der Waals surface area (Å²) in [6.45, 7) is 5.34. The van der Waals surface area contributed by atoms with E-state index in [9.17, 15) is 4.79 Å². The molecule has 8 nitrogen and oxygen atoms in total. The van der Waals surface area contributed by atoms with E-state index in [1.807, 2.05) is 42.5 Å². The zero-order valence-electron chi connectivity index (χ0n) is 20.6. The molecule has 188 valence electrons. The number of nitrogens with zero attached hydrogens (tertiary/aromatic N) is 3. The summed E-state index contributed by atoms with van der Waals surface area (Å²) in [4.78, 5) is 21.4. The van der Waals surface area contributed by atoms with Crippen LogP contribution in [-0.4, -0.2) is 63.1 Å². The number of likely N-dealkylation sites (N-methyl/N-ethyl adjacent to an activating group) is 1. The Morgan fingerprint density at radius 2 is 1.67 bits per heavy atom. The summed E-state index contributed by atoms with van der Waals surface area (Å²) in [6.07, 6.45) is 0. The van der Waals surface area contributed by atoms with Crippen molar-refractivity contribution in [3.63, 3.8) is 0 Å². The quantitative estimate of drug-likeness (QED) is 0.207. The van der Waals surface area contributed by atoms with Crippen molar-refractivity contribution < 1.29 is 14.3 Å². The number of rotatable bonds is 9. The van der Waals surface area contributed by atoms with Crippen LogP contribution in [0.1, 0.15) is 21.5 Å². The highest BCUT2D eigenvalue weighted by Gasteiger charge is 2.15. The molecule has 1 heterocycles. The van der Waals surface area contributed by atoms with Crippen LogP contribution in [0.3, 0.4) is 0 Å². The molecule has 0 unspecified atom stereocenters. The second kappa shape index (κ2) is 12.2. The van der Waals surface area contributed by atoms with Crippen LogP contribution in [-0.2, 0) is 11.3 Å². The number of hydrogen-bond donors (Lipinski definition) is 2. The van der Waals surface area contributed by atoms with E-state index in [2.05, 4.69) is 21.8 Å². The first-order valence-electron chi connectivity index (χ1n) is 12.1. The van der Waals surface area contributed by atoms with Crippen LogP contribution in [0.25, 0.3) is 0 Å². The summed E-state index contributed by atoms with van der Waals surface area (Å²) in [5.41, 5.74) is 15.8. The number of hydrogen-bond acceptors (Lipinski definition) is 6. The number of aliphatic imine (C=N–C) groups is 1. The lowest BCUT2D eigenvalue weighted by molar-refractivity contribution is 0.0889. The van der Waals surface area contributed by atoms with Gasteiger partial charge in [0.1, 0.15) is 18.2 Å². The van der Waals surface area contributed by atoms with Gasteiger partial charge in [-0.05, 0) is 49.0 Å². The minimum absolute atomic E-state index is 0.0680. The summed E-state index contributed by atoms with van der Waals surface area (Å²) in [5.74, 6) is 0.254. The molecule has 0 saturated carbocycles. The number of amidine groups is 1. The van der Waals surface area contributed by atoms with Gasteiger partial charge >= 0.3 is 0 Å². The lowest BCUT2D eigenvalue weighted by Gasteiger charge is -2.34. The van der Waals surface area contributed by atoms with Gasteiger partial charge in [0.2, 0.25) is 0 Å². The van der Waals surface area contributed by atoms with Crippen molar-refractivity contribution in [3.8, 4) is 5.75 Å². The number of ether oxygens (including phenoxy) is 2. The van der Waals surface area contributed by atoms with Gasteiger partial charge in [0.05, 0.1) is 13.2 Å². The third kappa shape index (κ3) is 6.84. The molecule has 4 N–H and O–H groups in total. The number of anilines is 2. The Bertz CT molecular complexity index is 1170. The third-order valence-corrected chi connectivity index (χ3v) is 6.11. The molecule has 3 aromatic carbocycles. The number of amides is 1. The molecule has 1 fully saturated rings. The normalized spacial score (nSPS) is 14.6. The SMILES string of the molecule is CN1CCN(c2ccc(C(=O)N=C(N)c3ccc(OCCOCc4ccccc4)cc3N)cc2)CC1. The number of benzene rings is 3. The van der Waals surface area contributed by atoms with Crippen molar-refractivity contribution in [2.24, 2.45) is 10.7 Å². The molecule has 8 heteroatoms. The van der Waals surface area contributed by atoms with Gasteiger partial charge in [-0.3, -0.25) is 4.79 Å². The maximum Gasteiger partial charge on any atom is 0.278 e. The zero-order valence-corrected chi connectivity index (χ0v) is 20.6. The minimum Gasteiger partial charge on any atom is -0.491 e. The van der Waals surface area contributed by atoms with Crippen molar-refractivity contribution in [2.45, 2.75) is 6.61 Å². The molecule has 1 amide bonds. The first-order chi connectivity index (χ1) is 17.5. The Morgan fingerprint density at radius 1 is 0.944 bits per heavy atom. The first-order valence-corrected chi connectivity index (χ1v) is 12.1. The van der Waals surface area contributed by atoms with Gasteiger partial charge in [0, 0.05) is 54.7 Å². The Labute approximate surface area is 212 Å². The number of nitrogen functional groups attached to an aromatic ring is 1. The van der Waals surface area contributed by atoms with Crippen molar-refractivity contribution >= 4 is 23.1 Å². The minimum atomic E-state index is -0.410. The summed E-state index contributed by atoms with van der Waals surface area (Å²) in [6, 6.07) is 22.6. The second-order valence-corrected chi connectivity index (χ2v) is 8.78. The highest BCUT2D eigenvalue weighted by Crippen LogP contribution is 2.21. The Hall–Kier alpha value is -3.88. The van der Waals surface area contributed by atoms with Gasteiger partial charge in [-0.25, -0.2) is 0 Å². The van der Waals surface area contributed by atoms with Crippen molar-refractivity contribution in [3.05, 3.63) is 89.5 Å². The second-order valence-electron chi connectivity index (χ2n) is 8.78. The molecule has 1 aliphatic rings. The third-order valence-electron chi connectivity index (χ3n) is 6.11. The van der Waals surface area contributed by atoms with E-state index in [1.54, 1.807) is 30.3 Å². The maximum absolute atomic E-state index is 12.7. The van der Waals surface area contributed by atoms with E-state index in [1.165, 1.54) is 0 Å². The van der Waals surface area contributed by atoms with E-state index in [4.69, 9.17) is 20.9 Å². The van der Waals surface area contributed by atoms with Crippen LogP contribution in [0, 0.1) is 0 Å². The molecule has 0 bridgehead atoms. The molecule has 0 aromatic heterocycles. The van der Waals surface area contributed by atoms with E-state index < -0.39 is 5.91 Å². The molecule has 3 aromatic rings. The molecule has 36 heavy (non-hydrogen) atoms. The van der Waals surface area contributed by atoms with Crippen molar-refractivity contribution in [1.82, 2.24) is 4.90 Å². The first kappa shape index (κ1) is 25.2. The van der Waals surface area contributed by atoms with Crippen LogP contribution >= 0.6 is 0 Å². The molecule has 0 radical (unpaired) electrons. The Balaban J connectivity index is 1.29. The lowest BCUT2D eigenvalue weighted by Crippen LogP contribution is -2.44. The van der Waals surface area contributed by atoms with Crippen LogP contribution in [0.15, 0.2) is 77.8 Å². The van der Waals surface area contributed by atoms with Crippen LogP contribution < -0.4 is 21.1 Å². The topological polar surface area (TPSA) is 106 Å². The average molecular weight is 488 g/mol. The van der Waals surface area contributed by atoms with Crippen molar-refractivity contribution in [2.75, 3.05) is 57.1 Å². The predicted octanol–water partition coefficient (Wildman–Crippen LogP) is 3.16. The van der Waals surface area contributed by atoms with E-state index in [0.717, 1.165) is 37.4 Å². The van der Waals surface area contributed by atoms with Gasteiger partial charge < -0.3 is 30.7 Å². The molecule has 1 aliphatic heterocycles. The van der Waals surface area contributed by atoms with Crippen LogP contribution in [0.5, 0.6) is 5.75 Å². The molecule has 0 aliphatic carbocycles. The van der Waals surface area contributed by atoms with Gasteiger partial charge in [-0.1, -0.05) is 30.3 Å². The highest BCUT2D eigenvalue weighted by molar-refractivity contribution is 6.11. The monoisotopic (exact) mass is 487 g/mol. The van der Waals surface area contributed by atoms with Gasteiger partial charge in [0.25, 0.3) is 5.91 Å². The van der Waals surface area contributed by atoms with Gasteiger partial charge in [-0.15, -0.1) is 0 Å². The molecule has 4 rings (SSSR count). The smallest absolute Gasteiger partial charge is 0.278 e. The van der Waals surface area contributed by atoms with E-state index >= 15 is 0 Å². The van der Waals surface area contributed by atoms with Gasteiger partial charge in [0.15, 0.2) is 0 Å². The van der Waals surface area contributed by atoms with E-state index in [0.29, 0.717) is 42.4 Å². The number of piperazine rings is 1.